The van der Waals surface area contributed by atoms with Gasteiger partial charge in [0.15, 0.2) is 6.16 Å². The molecule has 1 aromatic carbocycles. The predicted molar refractivity (Wildman–Crippen MR) is 66.6 cm³/mol. The van der Waals surface area contributed by atoms with Gasteiger partial charge in [0.1, 0.15) is 0 Å². The van der Waals surface area contributed by atoms with E-state index in [1.165, 1.54) is 0 Å². The first-order valence-electron chi connectivity index (χ1n) is 4.81. The molecule has 0 radical (unpaired) electrons. The van der Waals surface area contributed by atoms with Gasteiger partial charge in [0.25, 0.3) is 0 Å². The molecule has 0 heterocycles. The second-order valence-electron chi connectivity index (χ2n) is 3.22. The van der Waals surface area contributed by atoms with Gasteiger partial charge in [-0.05, 0) is 41.7 Å². The van der Waals surface area contributed by atoms with E-state index in [0.29, 0.717) is 6.16 Å². The van der Waals surface area contributed by atoms with E-state index in [-0.39, 0.29) is 0 Å². The van der Waals surface area contributed by atoms with E-state index in [0.717, 1.165) is 29.5 Å². The molecule has 0 amide bonds. The molecular weight excluding hydrogens is 277 g/mol. The highest BCUT2D eigenvalue weighted by atomic mass is 79.9. The Morgan fingerprint density at radius 2 is 1.93 bits per heavy atom. The number of anilines is 1. The summed E-state index contributed by atoms with van der Waals surface area (Å²) in [5, 5.41) is 3.25. The number of hydrogen-bond acceptors (Lipinski definition) is 2. The van der Waals surface area contributed by atoms with Gasteiger partial charge in [-0.15, -0.1) is 0 Å². The van der Waals surface area contributed by atoms with Gasteiger partial charge in [-0.3, -0.25) is 0 Å². The molecule has 0 aliphatic rings. The van der Waals surface area contributed by atoms with E-state index in [1.54, 1.807) is 0 Å². The minimum atomic E-state index is -1.96. The Bertz CT molecular complexity index is 316. The lowest BCUT2D eigenvalue weighted by atomic mass is 10.3. The van der Waals surface area contributed by atoms with Crippen molar-refractivity contribution in [3.8, 4) is 0 Å². The summed E-state index contributed by atoms with van der Waals surface area (Å²) in [4.78, 5) is 8.58. The molecule has 15 heavy (non-hydrogen) atoms. The fourth-order valence-corrected chi connectivity index (χ4v) is 1.93. The van der Waals surface area contributed by atoms with Crippen LogP contribution >= 0.6 is 24.0 Å². The maximum absolute atomic E-state index is 10.4. The van der Waals surface area contributed by atoms with E-state index >= 15 is 0 Å². The van der Waals surface area contributed by atoms with Crippen molar-refractivity contribution >= 4 is 29.6 Å². The highest BCUT2D eigenvalue weighted by Crippen LogP contribution is 2.16. The second kappa shape index (κ2) is 6.94. The van der Waals surface area contributed by atoms with Crippen LogP contribution in [0, 0.1) is 0 Å². The number of benzene rings is 1. The summed E-state index contributed by atoms with van der Waals surface area (Å²) in [6.07, 6.45) is 2.10. The molecule has 0 aliphatic heterocycles. The van der Waals surface area contributed by atoms with Crippen molar-refractivity contribution in [2.24, 2.45) is 0 Å². The molecule has 3 nitrogen and oxygen atoms in total. The number of unbranched alkanes of at least 4 members (excludes halogenated alkanes) is 1. The van der Waals surface area contributed by atoms with Gasteiger partial charge in [0.2, 0.25) is 0 Å². The van der Waals surface area contributed by atoms with E-state index in [1.807, 2.05) is 24.3 Å². The molecule has 0 saturated carbocycles. The fourth-order valence-electron chi connectivity index (χ4n) is 1.17. The van der Waals surface area contributed by atoms with Crippen LogP contribution in [0.2, 0.25) is 0 Å². The molecular formula is C10H14BrNO2P+. The molecule has 2 N–H and O–H groups in total. The van der Waals surface area contributed by atoms with E-state index in [2.05, 4.69) is 21.2 Å². The van der Waals surface area contributed by atoms with Crippen LogP contribution in [-0.4, -0.2) is 17.6 Å². The van der Waals surface area contributed by atoms with Gasteiger partial charge in [0, 0.05) is 16.7 Å². The molecule has 1 atom stereocenters. The molecule has 0 spiro atoms. The molecule has 0 aliphatic carbocycles. The normalized spacial score (nSPS) is 11.2. The lowest BCUT2D eigenvalue weighted by Gasteiger charge is -2.04. The van der Waals surface area contributed by atoms with E-state index < -0.39 is 8.03 Å². The van der Waals surface area contributed by atoms with Crippen LogP contribution in [0.3, 0.4) is 0 Å². The summed E-state index contributed by atoms with van der Waals surface area (Å²) in [6.45, 7) is 0.838. The lowest BCUT2D eigenvalue weighted by Crippen LogP contribution is -2.01. The Kier molecular flexibility index (Phi) is 5.84. The van der Waals surface area contributed by atoms with Crippen molar-refractivity contribution in [2.75, 3.05) is 18.0 Å². The van der Waals surface area contributed by atoms with Gasteiger partial charge in [-0.2, -0.15) is 4.89 Å². The Morgan fingerprint density at radius 1 is 1.27 bits per heavy atom. The molecule has 0 aromatic heterocycles. The standard InChI is InChI=1S/C10H13BrNO2P/c11-9-3-5-10(6-4-9)12-7-1-2-8-15(13)14/h3-6,12H,1-2,7-8H2/p+1. The van der Waals surface area contributed by atoms with Gasteiger partial charge in [0.05, 0.1) is 0 Å². The van der Waals surface area contributed by atoms with Gasteiger partial charge < -0.3 is 5.32 Å². The van der Waals surface area contributed by atoms with Crippen LogP contribution < -0.4 is 5.32 Å². The first kappa shape index (κ1) is 12.6. The van der Waals surface area contributed by atoms with Crippen molar-refractivity contribution in [3.63, 3.8) is 0 Å². The summed E-state index contributed by atoms with van der Waals surface area (Å²) in [6, 6.07) is 7.95. The molecule has 1 aromatic rings. The predicted octanol–water partition coefficient (Wildman–Crippen LogP) is 3.38. The largest absolute Gasteiger partial charge is 0.505 e. The summed E-state index contributed by atoms with van der Waals surface area (Å²) in [5.74, 6) is 0. The Morgan fingerprint density at radius 3 is 2.53 bits per heavy atom. The molecule has 82 valence electrons. The third-order valence-electron chi connectivity index (χ3n) is 1.95. The number of nitrogens with one attached hydrogen (secondary N) is 1. The topological polar surface area (TPSA) is 49.3 Å². The van der Waals surface area contributed by atoms with Gasteiger partial charge in [-0.25, -0.2) is 0 Å². The van der Waals surface area contributed by atoms with Crippen LogP contribution in [0.4, 0.5) is 5.69 Å². The average molecular weight is 291 g/mol. The molecule has 1 unspecified atom stereocenters. The maximum Gasteiger partial charge on any atom is 0.505 e. The smallest absolute Gasteiger partial charge is 0.385 e. The zero-order valence-corrected chi connectivity index (χ0v) is 10.8. The monoisotopic (exact) mass is 290 g/mol. The van der Waals surface area contributed by atoms with Crippen molar-refractivity contribution < 1.29 is 9.46 Å². The number of rotatable bonds is 6. The van der Waals surface area contributed by atoms with Gasteiger partial charge >= 0.3 is 8.03 Å². The minimum Gasteiger partial charge on any atom is -0.385 e. The third-order valence-corrected chi connectivity index (χ3v) is 3.18. The SMILES string of the molecule is O=[P+](O)CCCCNc1ccc(Br)cc1. The quantitative estimate of drug-likeness (QED) is 0.624. The first-order valence-corrected chi connectivity index (χ1v) is 7.00. The molecule has 0 bridgehead atoms. The average Bonchev–Trinajstić information content (AvgIpc) is 2.20. The van der Waals surface area contributed by atoms with E-state index in [4.69, 9.17) is 4.89 Å². The molecule has 0 saturated heterocycles. The van der Waals surface area contributed by atoms with Crippen LogP contribution in [0.5, 0.6) is 0 Å². The maximum atomic E-state index is 10.4. The van der Waals surface area contributed by atoms with Crippen molar-refractivity contribution in [2.45, 2.75) is 12.8 Å². The molecule has 0 fully saturated rings. The minimum absolute atomic E-state index is 0.400. The second-order valence-corrected chi connectivity index (χ2v) is 5.28. The fraction of sp³-hybridized carbons (Fsp3) is 0.400. The molecule has 1 rings (SSSR count). The highest BCUT2D eigenvalue weighted by Gasteiger charge is 2.07. The first-order chi connectivity index (χ1) is 7.18. The molecule has 5 heteroatoms. The Hall–Kier alpha value is -0.440. The van der Waals surface area contributed by atoms with Crippen LogP contribution in [0.25, 0.3) is 0 Å². The Balaban J connectivity index is 2.15. The Labute approximate surface area is 98.9 Å². The highest BCUT2D eigenvalue weighted by molar-refractivity contribution is 9.10. The zero-order chi connectivity index (χ0) is 11.1. The third kappa shape index (κ3) is 5.88. The van der Waals surface area contributed by atoms with Crippen LogP contribution in [0.1, 0.15) is 12.8 Å². The van der Waals surface area contributed by atoms with Crippen LogP contribution in [0.15, 0.2) is 28.7 Å². The van der Waals surface area contributed by atoms with Crippen molar-refractivity contribution in [3.05, 3.63) is 28.7 Å². The van der Waals surface area contributed by atoms with Crippen molar-refractivity contribution in [1.29, 1.82) is 0 Å². The van der Waals surface area contributed by atoms with E-state index in [9.17, 15) is 4.57 Å². The number of hydrogen-bond donors (Lipinski definition) is 2. The zero-order valence-electron chi connectivity index (χ0n) is 8.32. The van der Waals surface area contributed by atoms with Crippen LogP contribution in [-0.2, 0) is 4.57 Å². The summed E-state index contributed by atoms with van der Waals surface area (Å²) in [7, 11) is -1.96. The van der Waals surface area contributed by atoms with Gasteiger partial charge in [-0.1, -0.05) is 15.9 Å². The number of halogens is 1. The summed E-state index contributed by atoms with van der Waals surface area (Å²) >= 11 is 3.37. The summed E-state index contributed by atoms with van der Waals surface area (Å²) < 4.78 is 11.5. The van der Waals surface area contributed by atoms with Crippen molar-refractivity contribution in [1.82, 2.24) is 0 Å². The summed E-state index contributed by atoms with van der Waals surface area (Å²) in [5.41, 5.74) is 1.08. The lowest BCUT2D eigenvalue weighted by molar-refractivity contribution is 0.500.